The Balaban J connectivity index is 2.53. The summed E-state index contributed by atoms with van der Waals surface area (Å²) in [5, 5.41) is 2.91. The van der Waals surface area contributed by atoms with E-state index in [2.05, 4.69) is 12.2 Å². The Kier molecular flexibility index (Phi) is 6.26. The van der Waals surface area contributed by atoms with E-state index in [9.17, 15) is 4.79 Å². The van der Waals surface area contributed by atoms with Crippen molar-refractivity contribution in [3.05, 3.63) is 29.8 Å². The van der Waals surface area contributed by atoms with E-state index in [0.29, 0.717) is 6.42 Å². The monoisotopic (exact) mass is 249 g/mol. The zero-order chi connectivity index (χ0) is 13.4. The molecule has 0 aliphatic heterocycles. The maximum Gasteiger partial charge on any atom is 0.261 e. The number of carbonyl (C=O) groups is 1. The minimum absolute atomic E-state index is 0.0209. The van der Waals surface area contributed by atoms with Crippen LogP contribution in [-0.2, 0) is 4.79 Å². The molecule has 1 aromatic carbocycles. The van der Waals surface area contributed by atoms with Gasteiger partial charge in [-0.3, -0.25) is 4.79 Å². The number of carbonyl (C=O) groups excluding carboxylic acids is 1. The summed E-state index contributed by atoms with van der Waals surface area (Å²) in [4.78, 5) is 11.9. The Morgan fingerprint density at radius 1 is 1.39 bits per heavy atom. The molecule has 0 aliphatic carbocycles. The van der Waals surface area contributed by atoms with Crippen LogP contribution in [0.1, 0.15) is 38.7 Å². The highest BCUT2D eigenvalue weighted by molar-refractivity contribution is 5.81. The smallest absolute Gasteiger partial charge is 0.261 e. The van der Waals surface area contributed by atoms with Gasteiger partial charge in [0.1, 0.15) is 5.75 Å². The number of amides is 1. The van der Waals surface area contributed by atoms with Crippen molar-refractivity contribution < 1.29 is 9.53 Å². The number of unbranched alkanes of at least 4 members (excludes halogenated alkanes) is 1. The van der Waals surface area contributed by atoms with Gasteiger partial charge in [0, 0.05) is 6.54 Å². The van der Waals surface area contributed by atoms with Gasteiger partial charge in [0.05, 0.1) is 0 Å². The quantitative estimate of drug-likeness (QED) is 0.754. The molecule has 3 nitrogen and oxygen atoms in total. The van der Waals surface area contributed by atoms with Gasteiger partial charge in [-0.05, 0) is 37.5 Å². The SMILES string of the molecule is CCCCNC(=O)[C@H](CC)Oc1cccc(C)c1. The van der Waals surface area contributed by atoms with Crippen LogP contribution in [0.15, 0.2) is 24.3 Å². The van der Waals surface area contributed by atoms with E-state index in [4.69, 9.17) is 4.74 Å². The molecule has 1 rings (SSSR count). The first-order valence-electron chi connectivity index (χ1n) is 6.68. The maximum absolute atomic E-state index is 11.9. The van der Waals surface area contributed by atoms with Crippen molar-refractivity contribution in [3.63, 3.8) is 0 Å². The minimum atomic E-state index is -0.399. The van der Waals surface area contributed by atoms with E-state index in [0.717, 1.165) is 30.7 Å². The summed E-state index contributed by atoms with van der Waals surface area (Å²) in [7, 11) is 0. The highest BCUT2D eigenvalue weighted by Gasteiger charge is 2.17. The highest BCUT2D eigenvalue weighted by Crippen LogP contribution is 2.15. The Bertz CT molecular complexity index is 377. The molecule has 0 saturated heterocycles. The number of ether oxygens (including phenoxy) is 1. The van der Waals surface area contributed by atoms with Crippen molar-refractivity contribution >= 4 is 5.91 Å². The molecule has 18 heavy (non-hydrogen) atoms. The molecule has 1 atom stereocenters. The zero-order valence-corrected chi connectivity index (χ0v) is 11.5. The Labute approximate surface area is 110 Å². The average molecular weight is 249 g/mol. The van der Waals surface area contributed by atoms with Gasteiger partial charge in [-0.2, -0.15) is 0 Å². The van der Waals surface area contributed by atoms with Gasteiger partial charge in [-0.15, -0.1) is 0 Å². The third kappa shape index (κ3) is 4.78. The van der Waals surface area contributed by atoms with E-state index < -0.39 is 6.10 Å². The zero-order valence-electron chi connectivity index (χ0n) is 11.5. The van der Waals surface area contributed by atoms with Crippen LogP contribution in [0.5, 0.6) is 5.75 Å². The summed E-state index contributed by atoms with van der Waals surface area (Å²) < 4.78 is 5.72. The first-order chi connectivity index (χ1) is 8.67. The Hall–Kier alpha value is -1.51. The van der Waals surface area contributed by atoms with Crippen LogP contribution in [0.25, 0.3) is 0 Å². The third-order valence-corrected chi connectivity index (χ3v) is 2.76. The summed E-state index contributed by atoms with van der Waals surface area (Å²) >= 11 is 0. The Morgan fingerprint density at radius 2 is 2.17 bits per heavy atom. The van der Waals surface area contributed by atoms with Crippen molar-refractivity contribution in [3.8, 4) is 5.75 Å². The van der Waals surface area contributed by atoms with Gasteiger partial charge in [-0.1, -0.05) is 32.4 Å². The Morgan fingerprint density at radius 3 is 2.78 bits per heavy atom. The maximum atomic E-state index is 11.9. The molecular formula is C15H23NO2. The molecule has 3 heteroatoms. The molecule has 0 unspecified atom stereocenters. The van der Waals surface area contributed by atoms with E-state index in [1.807, 2.05) is 38.1 Å². The number of rotatable bonds is 7. The highest BCUT2D eigenvalue weighted by atomic mass is 16.5. The second-order valence-electron chi connectivity index (χ2n) is 4.48. The molecule has 100 valence electrons. The van der Waals surface area contributed by atoms with Gasteiger partial charge < -0.3 is 10.1 Å². The van der Waals surface area contributed by atoms with Crippen LogP contribution < -0.4 is 10.1 Å². The van der Waals surface area contributed by atoms with E-state index in [1.54, 1.807) is 0 Å². The number of aryl methyl sites for hydroxylation is 1. The van der Waals surface area contributed by atoms with Crippen LogP contribution in [0.2, 0.25) is 0 Å². The molecule has 0 fully saturated rings. The molecule has 0 saturated carbocycles. The third-order valence-electron chi connectivity index (χ3n) is 2.76. The standard InChI is InChI=1S/C15H23NO2/c1-4-6-10-16-15(17)14(5-2)18-13-9-7-8-12(3)11-13/h7-9,11,14H,4-6,10H2,1-3H3,(H,16,17)/t14-/m0/s1. The summed E-state index contributed by atoms with van der Waals surface area (Å²) in [5.74, 6) is 0.736. The molecule has 1 N–H and O–H groups in total. The van der Waals surface area contributed by atoms with Crippen LogP contribution in [0.3, 0.4) is 0 Å². The molecule has 0 radical (unpaired) electrons. The van der Waals surface area contributed by atoms with Crippen LogP contribution in [0.4, 0.5) is 0 Å². The van der Waals surface area contributed by atoms with Crippen LogP contribution >= 0.6 is 0 Å². The van der Waals surface area contributed by atoms with Crippen LogP contribution in [-0.4, -0.2) is 18.6 Å². The number of hydrogen-bond donors (Lipinski definition) is 1. The summed E-state index contributed by atoms with van der Waals surface area (Å²) in [6.07, 6.45) is 2.36. The summed E-state index contributed by atoms with van der Waals surface area (Å²) in [5.41, 5.74) is 1.13. The normalized spacial score (nSPS) is 11.9. The minimum Gasteiger partial charge on any atom is -0.481 e. The molecular weight excluding hydrogens is 226 g/mol. The van der Waals surface area contributed by atoms with Gasteiger partial charge >= 0.3 is 0 Å². The van der Waals surface area contributed by atoms with E-state index in [1.165, 1.54) is 0 Å². The second kappa shape index (κ2) is 7.75. The molecule has 1 aromatic rings. The van der Waals surface area contributed by atoms with Gasteiger partial charge in [0.25, 0.3) is 5.91 Å². The number of nitrogens with one attached hydrogen (secondary N) is 1. The largest absolute Gasteiger partial charge is 0.481 e. The fraction of sp³-hybridized carbons (Fsp3) is 0.533. The molecule has 0 spiro atoms. The first-order valence-corrected chi connectivity index (χ1v) is 6.68. The van der Waals surface area contributed by atoms with Crippen LogP contribution in [0, 0.1) is 6.92 Å². The fourth-order valence-electron chi connectivity index (χ4n) is 1.68. The summed E-state index contributed by atoms with van der Waals surface area (Å²) in [6, 6.07) is 7.78. The topological polar surface area (TPSA) is 38.3 Å². The van der Waals surface area contributed by atoms with Crippen molar-refractivity contribution in [2.75, 3.05) is 6.54 Å². The predicted octanol–water partition coefficient (Wildman–Crippen LogP) is 3.07. The van der Waals surface area contributed by atoms with Crippen molar-refractivity contribution in [2.45, 2.75) is 46.1 Å². The predicted molar refractivity (Wildman–Crippen MR) is 73.8 cm³/mol. The fourth-order valence-corrected chi connectivity index (χ4v) is 1.68. The molecule has 0 aromatic heterocycles. The number of hydrogen-bond acceptors (Lipinski definition) is 2. The summed E-state index contributed by atoms with van der Waals surface area (Å²) in [6.45, 7) is 6.80. The lowest BCUT2D eigenvalue weighted by molar-refractivity contribution is -0.128. The van der Waals surface area contributed by atoms with Gasteiger partial charge in [-0.25, -0.2) is 0 Å². The van der Waals surface area contributed by atoms with Crippen molar-refractivity contribution in [1.29, 1.82) is 0 Å². The molecule has 0 bridgehead atoms. The lowest BCUT2D eigenvalue weighted by Gasteiger charge is -2.17. The lowest BCUT2D eigenvalue weighted by Crippen LogP contribution is -2.38. The number of benzene rings is 1. The molecule has 0 aliphatic rings. The average Bonchev–Trinajstić information content (AvgIpc) is 2.36. The van der Waals surface area contributed by atoms with Crippen molar-refractivity contribution in [1.82, 2.24) is 5.32 Å². The second-order valence-corrected chi connectivity index (χ2v) is 4.48. The molecule has 0 heterocycles. The van der Waals surface area contributed by atoms with E-state index >= 15 is 0 Å². The van der Waals surface area contributed by atoms with E-state index in [-0.39, 0.29) is 5.91 Å². The lowest BCUT2D eigenvalue weighted by atomic mass is 10.2. The van der Waals surface area contributed by atoms with Gasteiger partial charge in [0.15, 0.2) is 6.10 Å². The van der Waals surface area contributed by atoms with Crippen molar-refractivity contribution in [2.24, 2.45) is 0 Å². The first kappa shape index (κ1) is 14.6. The molecule has 1 amide bonds. The van der Waals surface area contributed by atoms with Gasteiger partial charge in [0.2, 0.25) is 0 Å².